The lowest BCUT2D eigenvalue weighted by molar-refractivity contribution is -0.131. The predicted octanol–water partition coefficient (Wildman–Crippen LogP) is 3.81. The molecule has 0 unspecified atom stereocenters. The van der Waals surface area contributed by atoms with Crippen LogP contribution in [0, 0.1) is 17.0 Å². The molecule has 10 nitrogen and oxygen atoms in total. The van der Waals surface area contributed by atoms with Crippen molar-refractivity contribution < 1.29 is 23.1 Å². The van der Waals surface area contributed by atoms with Crippen molar-refractivity contribution in [3.8, 4) is 5.75 Å². The molecule has 3 N–H and O–H groups in total. The molecule has 1 fully saturated rings. The number of rotatable bonds is 7. The van der Waals surface area contributed by atoms with E-state index < -0.39 is 28.9 Å². The Labute approximate surface area is 221 Å². The minimum Gasteiger partial charge on any atom is -0.450 e. The summed E-state index contributed by atoms with van der Waals surface area (Å²) >= 11 is 0. The van der Waals surface area contributed by atoms with Gasteiger partial charge < -0.3 is 25.6 Å². The topological polar surface area (TPSA) is 121 Å². The molecule has 1 aliphatic carbocycles. The quantitative estimate of drug-likeness (QED) is 0.397. The summed E-state index contributed by atoms with van der Waals surface area (Å²) in [4.78, 5) is 40.9. The standard InChI is InChI=1S/C27H23F2N7O3/c1-30-26-32-14-15-12-21(23-31-10-11-36(23)22(15)35-26)39-20-7-6-18(13-19(20)29)34-25(38)27(8-9-27)24(37)33-17-4-2-16(28)3-5-17/h2-7,12-14H,8-11H2,1H3,(H,33,37)(H,34,38)(H,30,32,35). The number of nitrogens with zero attached hydrogens (tertiary/aromatic N) is 4. The zero-order valence-electron chi connectivity index (χ0n) is 20.8. The summed E-state index contributed by atoms with van der Waals surface area (Å²) in [6.45, 7) is 1.14. The number of fused-ring (bicyclic) bond motifs is 3. The molecule has 2 amide bonds. The summed E-state index contributed by atoms with van der Waals surface area (Å²) in [5.74, 6) is -0.170. The fourth-order valence-electron chi connectivity index (χ4n) is 4.46. The summed E-state index contributed by atoms with van der Waals surface area (Å²) in [5.41, 5.74) is 0.0102. The molecule has 0 bridgehead atoms. The van der Waals surface area contributed by atoms with E-state index in [4.69, 9.17) is 4.74 Å². The number of amides is 2. The number of carbonyl (C=O) groups excluding carboxylic acids is 2. The van der Waals surface area contributed by atoms with Crippen LogP contribution < -0.4 is 25.6 Å². The van der Waals surface area contributed by atoms with Gasteiger partial charge in [-0.1, -0.05) is 0 Å². The number of ether oxygens (including phenoxy) is 1. The van der Waals surface area contributed by atoms with Crippen LogP contribution in [0.25, 0.3) is 6.08 Å². The largest absolute Gasteiger partial charge is 0.450 e. The van der Waals surface area contributed by atoms with Crippen LogP contribution in [0.3, 0.4) is 0 Å². The number of anilines is 4. The second kappa shape index (κ2) is 9.46. The highest BCUT2D eigenvalue weighted by Crippen LogP contribution is 2.47. The van der Waals surface area contributed by atoms with E-state index in [0.29, 0.717) is 60.5 Å². The number of benzene rings is 2. The minimum absolute atomic E-state index is 0.0554. The summed E-state index contributed by atoms with van der Waals surface area (Å²) < 4.78 is 34.1. The molecular weight excluding hydrogens is 508 g/mol. The molecule has 3 aromatic rings. The van der Waals surface area contributed by atoms with Gasteiger partial charge in [0.2, 0.25) is 17.8 Å². The molecule has 6 rings (SSSR count). The van der Waals surface area contributed by atoms with Crippen molar-refractivity contribution in [1.82, 2.24) is 9.97 Å². The molecule has 1 aromatic heterocycles. The van der Waals surface area contributed by atoms with Gasteiger partial charge in [-0.2, -0.15) is 4.98 Å². The van der Waals surface area contributed by atoms with Gasteiger partial charge in [0.25, 0.3) is 0 Å². The lowest BCUT2D eigenvalue weighted by atomic mass is 10.0. The highest BCUT2D eigenvalue weighted by Gasteiger charge is 2.56. The van der Waals surface area contributed by atoms with Crippen molar-refractivity contribution in [3.63, 3.8) is 0 Å². The summed E-state index contributed by atoms with van der Waals surface area (Å²) in [5, 5.41) is 8.18. The SMILES string of the molecule is CNc1ncc2c(n1)N1CCN=C1C(Oc1ccc(NC(=O)C3(C(=O)Nc4ccc(F)cc4)CC3)cc1F)=C2. The van der Waals surface area contributed by atoms with E-state index in [2.05, 4.69) is 30.9 Å². The Morgan fingerprint density at radius 3 is 2.44 bits per heavy atom. The normalized spacial score (nSPS) is 16.3. The van der Waals surface area contributed by atoms with Crippen LogP contribution in [-0.2, 0) is 9.59 Å². The van der Waals surface area contributed by atoms with Crippen molar-refractivity contribution in [2.45, 2.75) is 12.8 Å². The van der Waals surface area contributed by atoms with Crippen LogP contribution in [-0.4, -0.2) is 47.8 Å². The number of carbonyl (C=O) groups is 2. The molecule has 3 aliphatic rings. The maximum atomic E-state index is 15.1. The van der Waals surface area contributed by atoms with Gasteiger partial charge in [0.05, 0.1) is 6.54 Å². The van der Waals surface area contributed by atoms with Gasteiger partial charge >= 0.3 is 0 Å². The number of hydrogen-bond donors (Lipinski definition) is 3. The number of amidine groups is 1. The number of halogens is 2. The molecule has 0 atom stereocenters. The van der Waals surface area contributed by atoms with Crippen molar-refractivity contribution in [2.24, 2.45) is 10.4 Å². The van der Waals surface area contributed by atoms with E-state index in [1.165, 1.54) is 36.4 Å². The Bertz CT molecular complexity index is 1550. The van der Waals surface area contributed by atoms with Crippen molar-refractivity contribution in [1.29, 1.82) is 0 Å². The fourth-order valence-corrected chi connectivity index (χ4v) is 4.46. The molecule has 2 aliphatic heterocycles. The van der Waals surface area contributed by atoms with Gasteiger partial charge in [0.15, 0.2) is 23.2 Å². The fraction of sp³-hybridized carbons (Fsp3) is 0.222. The van der Waals surface area contributed by atoms with Gasteiger partial charge in [-0.05, 0) is 55.3 Å². The first kappa shape index (κ1) is 24.5. The van der Waals surface area contributed by atoms with Crippen LogP contribution >= 0.6 is 0 Å². The van der Waals surface area contributed by atoms with E-state index in [-0.39, 0.29) is 11.4 Å². The first-order valence-electron chi connectivity index (χ1n) is 12.3. The third kappa shape index (κ3) is 4.54. The molecule has 1 saturated carbocycles. The third-order valence-corrected chi connectivity index (χ3v) is 6.75. The van der Waals surface area contributed by atoms with Crippen LogP contribution in [0.5, 0.6) is 5.75 Å². The Hall–Kier alpha value is -4.87. The average Bonchev–Trinajstić information content (AvgIpc) is 3.61. The lowest BCUT2D eigenvalue weighted by Gasteiger charge is -2.27. The summed E-state index contributed by atoms with van der Waals surface area (Å²) in [6, 6.07) is 9.30. The van der Waals surface area contributed by atoms with Crippen molar-refractivity contribution in [3.05, 3.63) is 71.6 Å². The molecule has 12 heteroatoms. The molecule has 0 saturated heterocycles. The molecular formula is C27H23F2N7O3. The second-order valence-electron chi connectivity index (χ2n) is 9.33. The molecule has 39 heavy (non-hydrogen) atoms. The Balaban J connectivity index is 1.16. The Morgan fingerprint density at radius 2 is 1.74 bits per heavy atom. The molecule has 0 spiro atoms. The zero-order chi connectivity index (χ0) is 27.1. The first-order chi connectivity index (χ1) is 18.9. The van der Waals surface area contributed by atoms with E-state index in [0.717, 1.165) is 6.07 Å². The van der Waals surface area contributed by atoms with E-state index >= 15 is 4.39 Å². The highest BCUT2D eigenvalue weighted by atomic mass is 19.1. The van der Waals surface area contributed by atoms with Gasteiger partial charge in [-0.3, -0.25) is 14.6 Å². The van der Waals surface area contributed by atoms with Gasteiger partial charge in [-0.25, -0.2) is 13.8 Å². The summed E-state index contributed by atoms with van der Waals surface area (Å²) in [7, 11) is 1.73. The van der Waals surface area contributed by atoms with Gasteiger partial charge in [0, 0.05) is 42.8 Å². The van der Waals surface area contributed by atoms with Crippen LogP contribution in [0.2, 0.25) is 0 Å². The maximum absolute atomic E-state index is 15.1. The number of nitrogens with one attached hydrogen (secondary N) is 3. The number of aliphatic imine (C=N–C) groups is 1. The first-order valence-corrected chi connectivity index (χ1v) is 12.3. The average molecular weight is 532 g/mol. The number of aromatic nitrogens is 2. The maximum Gasteiger partial charge on any atom is 0.240 e. The van der Waals surface area contributed by atoms with Crippen LogP contribution in [0.1, 0.15) is 18.4 Å². The molecule has 2 aromatic carbocycles. The smallest absolute Gasteiger partial charge is 0.240 e. The van der Waals surface area contributed by atoms with Crippen molar-refractivity contribution >= 4 is 46.9 Å². The molecule has 0 radical (unpaired) electrons. The highest BCUT2D eigenvalue weighted by molar-refractivity contribution is 6.17. The van der Waals surface area contributed by atoms with Crippen molar-refractivity contribution in [2.75, 3.05) is 41.0 Å². The minimum atomic E-state index is -1.26. The Kier molecular flexibility index (Phi) is 5.93. The predicted molar refractivity (Wildman–Crippen MR) is 142 cm³/mol. The Morgan fingerprint density at radius 1 is 1.03 bits per heavy atom. The second-order valence-corrected chi connectivity index (χ2v) is 9.33. The van der Waals surface area contributed by atoms with Gasteiger partial charge in [-0.15, -0.1) is 0 Å². The van der Waals surface area contributed by atoms with Crippen LogP contribution in [0.15, 0.2) is 59.4 Å². The molecule has 3 heterocycles. The number of hydrogen-bond acceptors (Lipinski definition) is 8. The van der Waals surface area contributed by atoms with E-state index in [9.17, 15) is 14.0 Å². The third-order valence-electron chi connectivity index (χ3n) is 6.75. The monoisotopic (exact) mass is 531 g/mol. The molecule has 198 valence electrons. The van der Waals surface area contributed by atoms with E-state index in [1.807, 2.05) is 4.90 Å². The van der Waals surface area contributed by atoms with Crippen LogP contribution in [0.4, 0.5) is 31.9 Å². The zero-order valence-corrected chi connectivity index (χ0v) is 20.8. The van der Waals surface area contributed by atoms with Gasteiger partial charge in [0.1, 0.15) is 17.1 Å². The lowest BCUT2D eigenvalue weighted by Crippen LogP contribution is -2.35. The van der Waals surface area contributed by atoms with E-state index in [1.54, 1.807) is 19.3 Å². The summed E-state index contributed by atoms with van der Waals surface area (Å²) in [6.07, 6.45) is 4.06.